The van der Waals surface area contributed by atoms with Crippen LogP contribution in [0.4, 0.5) is 9.59 Å². The molecule has 13 heteroatoms. The van der Waals surface area contributed by atoms with Crippen molar-refractivity contribution in [1.82, 2.24) is 20.4 Å². The van der Waals surface area contributed by atoms with E-state index in [4.69, 9.17) is 9.47 Å². The normalized spacial score (nSPS) is 24.0. The van der Waals surface area contributed by atoms with Gasteiger partial charge in [0.1, 0.15) is 12.1 Å². The summed E-state index contributed by atoms with van der Waals surface area (Å²) in [5, 5.41) is 4.26. The molecule has 1 aliphatic carbocycles. The fourth-order valence-electron chi connectivity index (χ4n) is 5.47. The van der Waals surface area contributed by atoms with Gasteiger partial charge in [-0.3, -0.25) is 9.59 Å². The van der Waals surface area contributed by atoms with Crippen molar-refractivity contribution in [3.8, 4) is 0 Å². The second-order valence-corrected chi connectivity index (χ2v) is 13.3. The van der Waals surface area contributed by atoms with E-state index < -0.39 is 50.5 Å². The summed E-state index contributed by atoms with van der Waals surface area (Å²) < 4.78 is 37.6. The van der Waals surface area contributed by atoms with Crippen molar-refractivity contribution in [1.29, 1.82) is 0 Å². The number of Topliss-reactive ketones (excluding diaryl/α,β-unsaturated/α-hetero) is 1. The molecule has 2 aromatic carbocycles. The van der Waals surface area contributed by atoms with Crippen LogP contribution in [-0.4, -0.2) is 98.3 Å². The molecule has 0 bridgehead atoms. The largest absolute Gasteiger partial charge is 0.445 e. The van der Waals surface area contributed by atoms with Crippen LogP contribution in [0.25, 0.3) is 0 Å². The third-order valence-electron chi connectivity index (χ3n) is 8.00. The molecule has 5 rings (SSSR count). The predicted molar refractivity (Wildman–Crippen MR) is 155 cm³/mol. The maximum atomic E-state index is 13.8. The fourth-order valence-corrected chi connectivity index (χ4v) is 7.62. The van der Waals surface area contributed by atoms with Gasteiger partial charge in [0.05, 0.1) is 36.8 Å². The first-order chi connectivity index (χ1) is 20.7. The van der Waals surface area contributed by atoms with Crippen LogP contribution in [0.3, 0.4) is 0 Å². The molecule has 3 atom stereocenters. The Morgan fingerprint density at radius 1 is 0.930 bits per heavy atom. The van der Waals surface area contributed by atoms with Crippen molar-refractivity contribution in [2.24, 2.45) is 0 Å². The minimum atomic E-state index is -3.85. The number of ketones is 1. The van der Waals surface area contributed by atoms with Crippen LogP contribution in [0.1, 0.15) is 30.4 Å². The van der Waals surface area contributed by atoms with Crippen LogP contribution in [0.2, 0.25) is 0 Å². The van der Waals surface area contributed by atoms with Crippen LogP contribution in [0.15, 0.2) is 60.7 Å². The molecule has 3 unspecified atom stereocenters. The lowest BCUT2D eigenvalue weighted by Crippen LogP contribution is -2.59. The van der Waals surface area contributed by atoms with E-state index in [0.717, 1.165) is 5.56 Å². The van der Waals surface area contributed by atoms with Crippen molar-refractivity contribution < 1.29 is 37.1 Å². The third kappa shape index (κ3) is 7.34. The minimum Gasteiger partial charge on any atom is -0.445 e. The number of hydrogen-bond donors (Lipinski definition) is 2. The average molecular weight is 613 g/mol. The van der Waals surface area contributed by atoms with Gasteiger partial charge in [-0.2, -0.15) is 0 Å². The number of urea groups is 1. The summed E-state index contributed by atoms with van der Waals surface area (Å²) in [5.41, 5.74) is -0.335. The van der Waals surface area contributed by atoms with Crippen molar-refractivity contribution in [2.75, 3.05) is 39.4 Å². The first-order valence-corrected chi connectivity index (χ1v) is 16.1. The molecule has 2 aromatic rings. The van der Waals surface area contributed by atoms with Crippen molar-refractivity contribution in [3.05, 3.63) is 71.8 Å². The zero-order valence-corrected chi connectivity index (χ0v) is 24.6. The number of benzene rings is 2. The fraction of sp³-hybridized carbons (Fsp3) is 0.467. The molecule has 3 fully saturated rings. The van der Waals surface area contributed by atoms with E-state index in [2.05, 4.69) is 10.6 Å². The monoisotopic (exact) mass is 612 g/mol. The van der Waals surface area contributed by atoms with Gasteiger partial charge in [0, 0.05) is 26.1 Å². The Morgan fingerprint density at radius 2 is 1.58 bits per heavy atom. The molecule has 0 spiro atoms. The molecule has 0 aromatic heterocycles. The standard InChI is InChI=1S/C30H36N4O8S/c35-25-19-34(29(38)42-20-22-8-3-1-4-9-22)13-7-12-24(25)31-27(36)30(32-28(37)33-14-16-41-17-15-33)18-26(30)43(39,40)21-23-10-5-2-6-11-23/h1-6,8-11,24,26H,7,12-21H2,(H,31,36)(H,32,37). The Hall–Kier alpha value is -3.97. The summed E-state index contributed by atoms with van der Waals surface area (Å²) in [6, 6.07) is 16.3. The Morgan fingerprint density at radius 3 is 2.26 bits per heavy atom. The van der Waals surface area contributed by atoms with Crippen molar-refractivity contribution in [2.45, 2.75) is 48.5 Å². The number of nitrogens with zero attached hydrogens (tertiary/aromatic N) is 2. The van der Waals surface area contributed by atoms with Crippen molar-refractivity contribution >= 4 is 33.7 Å². The van der Waals surface area contributed by atoms with Crippen LogP contribution in [0, 0.1) is 0 Å². The van der Waals surface area contributed by atoms with Crippen LogP contribution < -0.4 is 10.6 Å². The van der Waals surface area contributed by atoms with E-state index in [1.165, 1.54) is 9.80 Å². The second kappa shape index (κ2) is 13.1. The molecule has 12 nitrogen and oxygen atoms in total. The number of likely N-dealkylation sites (tertiary alicyclic amines) is 1. The molecular weight excluding hydrogens is 576 g/mol. The highest BCUT2D eigenvalue weighted by molar-refractivity contribution is 7.91. The number of carbonyl (C=O) groups excluding carboxylic acids is 4. The van der Waals surface area contributed by atoms with E-state index in [1.54, 1.807) is 30.3 Å². The molecule has 1 saturated carbocycles. The Kier molecular flexibility index (Phi) is 9.31. The number of ether oxygens (including phenoxy) is 2. The highest BCUT2D eigenvalue weighted by Crippen LogP contribution is 2.44. The van der Waals surface area contributed by atoms with Gasteiger partial charge in [-0.15, -0.1) is 0 Å². The number of amides is 4. The Labute approximate surface area is 250 Å². The van der Waals surface area contributed by atoms with Gasteiger partial charge >= 0.3 is 12.1 Å². The molecule has 2 aliphatic heterocycles. The average Bonchev–Trinajstić information content (AvgIpc) is 3.79. The predicted octanol–water partition coefficient (Wildman–Crippen LogP) is 1.64. The summed E-state index contributed by atoms with van der Waals surface area (Å²) in [4.78, 5) is 55.6. The van der Waals surface area contributed by atoms with Crippen LogP contribution >= 0.6 is 0 Å². The molecule has 43 heavy (non-hydrogen) atoms. The molecule has 4 amide bonds. The van der Waals surface area contributed by atoms with E-state index in [0.29, 0.717) is 38.3 Å². The lowest BCUT2D eigenvalue weighted by Gasteiger charge is -2.30. The minimum absolute atomic E-state index is 0.0642. The summed E-state index contributed by atoms with van der Waals surface area (Å²) in [7, 11) is -3.85. The summed E-state index contributed by atoms with van der Waals surface area (Å²) >= 11 is 0. The third-order valence-corrected chi connectivity index (χ3v) is 10.2. The molecule has 0 radical (unpaired) electrons. The molecular formula is C30H36N4O8S. The molecule has 230 valence electrons. The highest BCUT2D eigenvalue weighted by Gasteiger charge is 2.67. The van der Waals surface area contributed by atoms with Crippen LogP contribution in [0.5, 0.6) is 0 Å². The van der Waals surface area contributed by atoms with Gasteiger partial charge < -0.3 is 29.9 Å². The number of sulfone groups is 1. The van der Waals surface area contributed by atoms with E-state index >= 15 is 0 Å². The zero-order chi connectivity index (χ0) is 30.5. The Bertz CT molecular complexity index is 1430. The lowest BCUT2D eigenvalue weighted by molar-refractivity contribution is -0.129. The maximum absolute atomic E-state index is 13.8. The SMILES string of the molecule is O=C1CN(C(=O)OCc2ccccc2)CCCC1NC(=O)C1(NC(=O)N2CCOCC2)CC1S(=O)(=O)Cc1ccccc1. The van der Waals surface area contributed by atoms with Gasteiger partial charge in [0.2, 0.25) is 5.91 Å². The first kappa shape index (κ1) is 30.5. The summed E-state index contributed by atoms with van der Waals surface area (Å²) in [6.07, 6.45) is -0.0714. The number of morpholine rings is 1. The molecule has 3 aliphatic rings. The first-order valence-electron chi connectivity index (χ1n) is 14.4. The molecule has 2 saturated heterocycles. The van der Waals surface area contributed by atoms with Crippen LogP contribution in [-0.2, 0) is 41.3 Å². The number of rotatable bonds is 8. The van der Waals surface area contributed by atoms with Gasteiger partial charge in [-0.05, 0) is 24.0 Å². The maximum Gasteiger partial charge on any atom is 0.410 e. The van der Waals surface area contributed by atoms with Gasteiger partial charge in [0.15, 0.2) is 15.6 Å². The summed E-state index contributed by atoms with van der Waals surface area (Å²) in [5.74, 6) is -1.42. The number of carbonyl (C=O) groups is 4. The summed E-state index contributed by atoms with van der Waals surface area (Å²) in [6.45, 7) is 1.35. The molecule has 2 N–H and O–H groups in total. The second-order valence-electron chi connectivity index (χ2n) is 11.1. The molecule has 2 heterocycles. The van der Waals surface area contributed by atoms with E-state index in [9.17, 15) is 27.6 Å². The van der Waals surface area contributed by atoms with Gasteiger partial charge in [-0.25, -0.2) is 18.0 Å². The van der Waals surface area contributed by atoms with E-state index in [1.807, 2.05) is 30.3 Å². The Balaban J connectivity index is 1.26. The topological polar surface area (TPSA) is 151 Å². The van der Waals surface area contributed by atoms with E-state index in [-0.39, 0.29) is 38.3 Å². The van der Waals surface area contributed by atoms with Crippen molar-refractivity contribution in [3.63, 3.8) is 0 Å². The number of nitrogens with one attached hydrogen (secondary N) is 2. The van der Waals surface area contributed by atoms with Gasteiger partial charge in [-0.1, -0.05) is 60.7 Å². The lowest BCUT2D eigenvalue weighted by atomic mass is 10.1. The quantitative estimate of drug-likeness (QED) is 0.457. The smallest absolute Gasteiger partial charge is 0.410 e. The zero-order valence-electron chi connectivity index (χ0n) is 23.8. The van der Waals surface area contributed by atoms with Gasteiger partial charge in [0.25, 0.3) is 0 Å². The highest BCUT2D eigenvalue weighted by atomic mass is 32.2. The number of hydrogen-bond acceptors (Lipinski definition) is 8.